The molecule has 0 amide bonds. The molecule has 9 aromatic rings. The van der Waals surface area contributed by atoms with E-state index in [1.165, 1.54) is 0 Å². The number of imidazole rings is 1. The van der Waals surface area contributed by atoms with Crippen molar-refractivity contribution in [3.8, 4) is 78.6 Å². The van der Waals surface area contributed by atoms with Crippen LogP contribution in [0, 0.1) is 13.7 Å². The van der Waals surface area contributed by atoms with Crippen LogP contribution in [-0.2, 0) is 10.8 Å². The van der Waals surface area contributed by atoms with Crippen molar-refractivity contribution in [3.05, 3.63) is 191 Å². The van der Waals surface area contributed by atoms with Crippen LogP contribution in [0.25, 0.3) is 83.9 Å². The molecule has 4 nitrogen and oxygen atoms in total. The first-order chi connectivity index (χ1) is 37.7. The molecule has 0 saturated heterocycles. The van der Waals surface area contributed by atoms with Crippen molar-refractivity contribution in [2.45, 2.75) is 106 Å². The number of phenolic OH excluding ortho intramolecular Hbond substituents is 1. The Kier molecular flexibility index (Phi) is 8.58. The summed E-state index contributed by atoms with van der Waals surface area (Å²) in [6.07, 6.45) is -0.608. The number of rotatable bonds is 9. The molecule has 0 unspecified atom stereocenters. The monoisotopic (exact) mass is 905 g/mol. The molecule has 2 heterocycles. The second kappa shape index (κ2) is 17.9. The average Bonchev–Trinajstić information content (AvgIpc) is 3.12. The van der Waals surface area contributed by atoms with Crippen LogP contribution in [0.5, 0.6) is 5.75 Å². The number of pyridine rings is 1. The lowest BCUT2D eigenvalue weighted by atomic mass is 9.83. The van der Waals surface area contributed by atoms with Gasteiger partial charge in [-0.25, -0.2) is 4.98 Å². The molecule has 0 aliphatic carbocycles. The predicted octanol–water partition coefficient (Wildman–Crippen LogP) is 17.6. The third kappa shape index (κ3) is 8.93. The zero-order valence-electron chi connectivity index (χ0n) is 53.4. The molecule has 0 radical (unpaired) electrons. The average molecular weight is 905 g/mol. The molecule has 0 atom stereocenters. The molecule has 0 fully saturated rings. The number of aromatic hydroxyl groups is 1. The molecule has 0 aliphatic rings. The number of hydrogen-bond donors (Lipinski definition) is 1. The van der Waals surface area contributed by atoms with Gasteiger partial charge in [0, 0.05) is 31.1 Å². The minimum Gasteiger partial charge on any atom is -0.507 e. The summed E-state index contributed by atoms with van der Waals surface area (Å²) in [5.41, 5.74) is 7.44. The van der Waals surface area contributed by atoms with Gasteiger partial charge in [0.15, 0.2) is 0 Å². The molecule has 342 valence electrons. The lowest BCUT2D eigenvalue weighted by molar-refractivity contribution is 0.466. The van der Waals surface area contributed by atoms with Gasteiger partial charge in [-0.15, -0.1) is 0 Å². The minimum absolute atomic E-state index is 0.0288. The highest BCUT2D eigenvalue weighted by Crippen LogP contribution is 2.45. The normalized spacial score (nSPS) is 15.3. The van der Waals surface area contributed by atoms with E-state index >= 15 is 0 Å². The van der Waals surface area contributed by atoms with Gasteiger partial charge >= 0.3 is 0 Å². The standard InChI is InChI=1S/C64H65N3O/c1-39(2)47-35-53(40(3)4)61(68)56(36-47)62-66-60-52(48-32-49(34-51(33-48)64(10,11)12)57-37-46(29-30-65-57)43-23-21-41(5)22-24-43)19-16-20-58(60)67(62)59-31-42(6)54(38-55(59)44-17-14-13-15-18-44)45-25-27-50(28-26-45)63(7,8)9/h13-40,68H,1-12H3/i5D3,6D3,21D,22D,23D,24D,29D,30D,37D. The highest BCUT2D eigenvalue weighted by molar-refractivity contribution is 5.98. The minimum atomic E-state index is -3.00. The highest BCUT2D eigenvalue weighted by Gasteiger charge is 2.27. The Labute approximate surface area is 422 Å². The Hall–Kier alpha value is -7.04. The van der Waals surface area contributed by atoms with E-state index in [1.54, 1.807) is 12.1 Å². The summed E-state index contributed by atoms with van der Waals surface area (Å²) >= 11 is 0. The first-order valence-corrected chi connectivity index (χ1v) is 23.2. The molecule has 7 aromatic carbocycles. The smallest absolute Gasteiger partial charge is 0.149 e. The van der Waals surface area contributed by atoms with Crippen LogP contribution in [0.4, 0.5) is 0 Å². The maximum absolute atomic E-state index is 12.6. The molecule has 9 rings (SSSR count). The Morgan fingerprint density at radius 3 is 1.94 bits per heavy atom. The molecular formula is C64H65N3O. The third-order valence-electron chi connectivity index (χ3n) is 12.8. The fourth-order valence-electron chi connectivity index (χ4n) is 8.76. The molecule has 0 aliphatic heterocycles. The number of hydrogen-bond acceptors (Lipinski definition) is 3. The molecule has 0 spiro atoms. The summed E-state index contributed by atoms with van der Waals surface area (Å²) in [7, 11) is 0. The SMILES string of the molecule is [2H]c1nc(-c2cc(-c3cccc4c3nc(-c3cc(C(C)C)cc(C(C)C)c3O)n4-c3cc(C([2H])([2H])[2H])c(-c4ccc(C(C)(C)C)cc4)cc3-c3ccccc3)cc(C(C)(C)C)c2)c([2H])c(-c2c([2H])c([2H])c(C([2H])([2H])[2H])c([2H])c2[2H])c1[2H]. The fraction of sp³-hybridized carbons (Fsp3) is 0.250. The van der Waals surface area contributed by atoms with Gasteiger partial charge in [-0.05, 0) is 146 Å². The maximum Gasteiger partial charge on any atom is 0.149 e. The first-order valence-electron chi connectivity index (χ1n) is 29.7. The van der Waals surface area contributed by atoms with Crippen LogP contribution >= 0.6 is 0 Å². The molecule has 4 heteroatoms. The van der Waals surface area contributed by atoms with Crippen LogP contribution in [0.2, 0.25) is 0 Å². The summed E-state index contributed by atoms with van der Waals surface area (Å²) in [5.74, 6) is 0.320. The zero-order valence-corrected chi connectivity index (χ0v) is 40.4. The van der Waals surface area contributed by atoms with E-state index in [0.717, 1.165) is 27.8 Å². The quantitative estimate of drug-likeness (QED) is 0.157. The van der Waals surface area contributed by atoms with Crippen LogP contribution in [0.1, 0.15) is 132 Å². The molecular weight excluding hydrogens is 827 g/mol. The van der Waals surface area contributed by atoms with Gasteiger partial charge < -0.3 is 5.11 Å². The Balaban J connectivity index is 1.39. The van der Waals surface area contributed by atoms with Gasteiger partial charge in [0.25, 0.3) is 0 Å². The van der Waals surface area contributed by atoms with E-state index < -0.39 is 78.2 Å². The number of nitrogens with zero attached hydrogens (tertiary/aromatic N) is 3. The zero-order chi connectivity index (χ0) is 59.3. The van der Waals surface area contributed by atoms with Crippen LogP contribution in [0.15, 0.2) is 158 Å². The summed E-state index contributed by atoms with van der Waals surface area (Å²) in [6.45, 7) is 15.0. The largest absolute Gasteiger partial charge is 0.507 e. The van der Waals surface area contributed by atoms with Crippen molar-refractivity contribution in [1.82, 2.24) is 14.5 Å². The van der Waals surface area contributed by atoms with E-state index in [2.05, 4.69) is 39.6 Å². The van der Waals surface area contributed by atoms with Gasteiger partial charge in [-0.1, -0.05) is 178 Å². The van der Waals surface area contributed by atoms with Crippen molar-refractivity contribution in [2.24, 2.45) is 0 Å². The third-order valence-corrected chi connectivity index (χ3v) is 12.8. The van der Waals surface area contributed by atoms with E-state index in [1.807, 2.05) is 142 Å². The van der Waals surface area contributed by atoms with Gasteiger partial charge in [0.2, 0.25) is 0 Å². The molecule has 1 N–H and O–H groups in total. The van der Waals surface area contributed by atoms with E-state index in [4.69, 9.17) is 21.4 Å². The van der Waals surface area contributed by atoms with Crippen molar-refractivity contribution < 1.29 is 22.9 Å². The van der Waals surface area contributed by atoms with Crippen molar-refractivity contribution in [1.29, 1.82) is 0 Å². The highest BCUT2D eigenvalue weighted by atomic mass is 16.3. The summed E-state index contributed by atoms with van der Waals surface area (Å²) in [4.78, 5) is 9.99. The number of para-hydroxylation sites is 1. The molecule has 2 aromatic heterocycles. The van der Waals surface area contributed by atoms with Crippen molar-refractivity contribution in [2.75, 3.05) is 0 Å². The van der Waals surface area contributed by atoms with Crippen molar-refractivity contribution >= 4 is 11.0 Å². The van der Waals surface area contributed by atoms with Gasteiger partial charge in [-0.3, -0.25) is 9.55 Å². The van der Waals surface area contributed by atoms with E-state index in [-0.39, 0.29) is 34.3 Å². The second-order valence-corrected chi connectivity index (χ2v) is 20.4. The topological polar surface area (TPSA) is 50.9 Å². The number of phenols is 1. The summed E-state index contributed by atoms with van der Waals surface area (Å²) in [6, 6.07) is 32.4. The molecule has 0 saturated carbocycles. The summed E-state index contributed by atoms with van der Waals surface area (Å²) in [5, 5.41) is 12.6. The fourth-order valence-corrected chi connectivity index (χ4v) is 8.76. The van der Waals surface area contributed by atoms with Crippen LogP contribution < -0.4 is 0 Å². The van der Waals surface area contributed by atoms with Crippen LogP contribution in [-0.4, -0.2) is 19.6 Å². The van der Waals surface area contributed by atoms with E-state index in [0.29, 0.717) is 61.5 Å². The lowest BCUT2D eigenvalue weighted by Gasteiger charge is -2.22. The van der Waals surface area contributed by atoms with Crippen molar-refractivity contribution in [3.63, 3.8) is 0 Å². The van der Waals surface area contributed by atoms with Gasteiger partial charge in [0.05, 0.1) is 37.6 Å². The number of aromatic nitrogens is 3. The van der Waals surface area contributed by atoms with Gasteiger partial charge in [0.1, 0.15) is 11.6 Å². The molecule has 68 heavy (non-hydrogen) atoms. The summed E-state index contributed by atoms with van der Waals surface area (Å²) < 4.78 is 116. The Morgan fingerprint density at radius 1 is 0.574 bits per heavy atom. The first kappa shape index (κ1) is 32.6. The number of fused-ring (bicyclic) bond motifs is 1. The Bertz CT molecular complexity index is 3930. The maximum atomic E-state index is 12.6. The predicted molar refractivity (Wildman–Crippen MR) is 288 cm³/mol. The molecule has 0 bridgehead atoms. The van der Waals surface area contributed by atoms with E-state index in [9.17, 15) is 6.48 Å². The number of benzene rings is 7. The van der Waals surface area contributed by atoms with Gasteiger partial charge in [-0.2, -0.15) is 0 Å². The number of aryl methyl sites for hydroxylation is 1. The van der Waals surface area contributed by atoms with Crippen LogP contribution in [0.3, 0.4) is 0 Å². The second-order valence-electron chi connectivity index (χ2n) is 20.4. The lowest BCUT2D eigenvalue weighted by Crippen LogP contribution is -2.11. The Morgan fingerprint density at radius 2 is 1.28 bits per heavy atom.